The van der Waals surface area contributed by atoms with E-state index in [0.29, 0.717) is 11.8 Å². The standard InChI is InChI=1S/C11H16.C10H14.C9H19N/c1-8(2)11-9(3)6-5-7-10(11)4;1-8(2)10-7-5-4-6-9(10)3;1-7(2)10-8(3)5-6-9(10)4/h5-8H,1-4H3;4-8H,1-3H3;7-9H,5-6H2,1-4H3/t;;8-,9+. The van der Waals surface area contributed by atoms with Gasteiger partial charge in [0.15, 0.2) is 0 Å². The Hall–Kier alpha value is -1.60. The highest BCUT2D eigenvalue weighted by atomic mass is 15.2. The van der Waals surface area contributed by atoms with Gasteiger partial charge in [-0.1, -0.05) is 70.2 Å². The molecule has 2 aromatic carbocycles. The monoisotopic (exact) mass is 423 g/mol. The quantitative estimate of drug-likeness (QED) is 0.476. The predicted molar refractivity (Wildman–Crippen MR) is 140 cm³/mol. The molecule has 0 aromatic heterocycles. The van der Waals surface area contributed by atoms with Crippen molar-refractivity contribution in [3.63, 3.8) is 0 Å². The first kappa shape index (κ1) is 27.4. The molecular weight excluding hydrogens is 374 g/mol. The molecule has 0 unspecified atom stereocenters. The van der Waals surface area contributed by atoms with E-state index in [-0.39, 0.29) is 0 Å². The first-order valence-corrected chi connectivity index (χ1v) is 12.4. The molecule has 1 aliphatic rings. The van der Waals surface area contributed by atoms with Crippen molar-refractivity contribution in [2.24, 2.45) is 0 Å². The fraction of sp³-hybridized carbons (Fsp3) is 0.600. The largest absolute Gasteiger partial charge is 0.296 e. The average Bonchev–Trinajstić information content (AvgIpc) is 3.01. The second kappa shape index (κ2) is 13.1. The summed E-state index contributed by atoms with van der Waals surface area (Å²) in [4.78, 5) is 2.61. The molecule has 0 bridgehead atoms. The van der Waals surface area contributed by atoms with Crippen LogP contribution in [0.2, 0.25) is 0 Å². The Labute approximate surface area is 194 Å². The minimum Gasteiger partial charge on any atom is -0.296 e. The molecule has 0 amide bonds. The number of rotatable bonds is 3. The van der Waals surface area contributed by atoms with Gasteiger partial charge in [-0.3, -0.25) is 4.90 Å². The highest BCUT2D eigenvalue weighted by Gasteiger charge is 2.28. The van der Waals surface area contributed by atoms with Crippen molar-refractivity contribution in [3.8, 4) is 0 Å². The van der Waals surface area contributed by atoms with Crippen LogP contribution in [-0.2, 0) is 0 Å². The number of hydrogen-bond acceptors (Lipinski definition) is 1. The van der Waals surface area contributed by atoms with Crippen LogP contribution >= 0.6 is 0 Å². The molecule has 1 heteroatoms. The van der Waals surface area contributed by atoms with E-state index < -0.39 is 0 Å². The summed E-state index contributed by atoms with van der Waals surface area (Å²) in [5.41, 5.74) is 7.20. The smallest absolute Gasteiger partial charge is 0.00730 e. The van der Waals surface area contributed by atoms with Gasteiger partial charge in [-0.05, 0) is 101 Å². The molecule has 1 heterocycles. The molecule has 3 rings (SSSR count). The molecule has 2 aromatic rings. The number of likely N-dealkylation sites (tertiary alicyclic amines) is 1. The van der Waals surface area contributed by atoms with Crippen LogP contribution in [0.5, 0.6) is 0 Å². The fourth-order valence-electron chi connectivity index (χ4n) is 5.21. The topological polar surface area (TPSA) is 3.24 Å². The summed E-state index contributed by atoms with van der Waals surface area (Å²) in [5.74, 6) is 1.30. The van der Waals surface area contributed by atoms with Gasteiger partial charge in [-0.2, -0.15) is 0 Å². The molecule has 1 aliphatic heterocycles. The average molecular weight is 424 g/mol. The summed E-state index contributed by atoms with van der Waals surface area (Å²) >= 11 is 0. The Balaban J connectivity index is 0.000000233. The van der Waals surface area contributed by atoms with Gasteiger partial charge in [-0.15, -0.1) is 0 Å². The molecule has 174 valence electrons. The Morgan fingerprint density at radius 3 is 1.39 bits per heavy atom. The predicted octanol–water partition coefficient (Wildman–Crippen LogP) is 8.81. The fourth-order valence-corrected chi connectivity index (χ4v) is 5.21. The third-order valence-corrected chi connectivity index (χ3v) is 6.55. The Morgan fingerprint density at radius 2 is 1.10 bits per heavy atom. The van der Waals surface area contributed by atoms with Crippen LogP contribution < -0.4 is 0 Å². The first-order chi connectivity index (χ1) is 14.5. The molecule has 1 saturated heterocycles. The van der Waals surface area contributed by atoms with Gasteiger partial charge in [0.1, 0.15) is 0 Å². The summed E-state index contributed by atoms with van der Waals surface area (Å²) < 4.78 is 0. The third kappa shape index (κ3) is 8.45. The molecule has 1 fully saturated rings. The molecule has 0 spiro atoms. The number of hydrogen-bond donors (Lipinski definition) is 0. The van der Waals surface area contributed by atoms with Gasteiger partial charge < -0.3 is 0 Å². The van der Waals surface area contributed by atoms with E-state index in [1.54, 1.807) is 0 Å². The highest BCUT2D eigenvalue weighted by molar-refractivity contribution is 5.35. The summed E-state index contributed by atoms with van der Waals surface area (Å²) in [5, 5.41) is 0. The molecular formula is C30H49N. The Bertz CT molecular complexity index is 741. The van der Waals surface area contributed by atoms with Gasteiger partial charge >= 0.3 is 0 Å². The maximum absolute atomic E-state index is 2.61. The van der Waals surface area contributed by atoms with Gasteiger partial charge in [-0.25, -0.2) is 0 Å². The van der Waals surface area contributed by atoms with Crippen molar-refractivity contribution < 1.29 is 0 Å². The van der Waals surface area contributed by atoms with Gasteiger partial charge in [0, 0.05) is 18.1 Å². The zero-order chi connectivity index (χ0) is 23.7. The van der Waals surface area contributed by atoms with E-state index >= 15 is 0 Å². The van der Waals surface area contributed by atoms with Crippen molar-refractivity contribution in [2.45, 2.75) is 119 Å². The minimum absolute atomic E-state index is 0.649. The van der Waals surface area contributed by atoms with E-state index in [1.807, 2.05) is 0 Å². The lowest BCUT2D eigenvalue weighted by Gasteiger charge is -2.29. The van der Waals surface area contributed by atoms with Crippen LogP contribution in [0.3, 0.4) is 0 Å². The molecule has 0 N–H and O–H groups in total. The van der Waals surface area contributed by atoms with Crippen LogP contribution in [-0.4, -0.2) is 23.0 Å². The second-order valence-electron chi connectivity index (χ2n) is 10.3. The van der Waals surface area contributed by atoms with Crippen molar-refractivity contribution in [2.75, 3.05) is 0 Å². The van der Waals surface area contributed by atoms with Crippen LogP contribution in [0.1, 0.15) is 108 Å². The number of aryl methyl sites for hydroxylation is 3. The van der Waals surface area contributed by atoms with Gasteiger partial charge in [0.2, 0.25) is 0 Å². The second-order valence-corrected chi connectivity index (χ2v) is 10.3. The van der Waals surface area contributed by atoms with E-state index in [2.05, 4.69) is 124 Å². The van der Waals surface area contributed by atoms with Crippen molar-refractivity contribution >= 4 is 0 Å². The lowest BCUT2D eigenvalue weighted by Crippen LogP contribution is -2.38. The lowest BCUT2D eigenvalue weighted by molar-refractivity contribution is 0.167. The van der Waals surface area contributed by atoms with E-state index in [0.717, 1.165) is 18.1 Å². The number of benzene rings is 2. The van der Waals surface area contributed by atoms with Crippen LogP contribution in [0.25, 0.3) is 0 Å². The SMILES string of the molecule is CC(C)N1[C@H](C)CC[C@@H]1C.Cc1cccc(C)c1C(C)C.Cc1ccccc1C(C)C. The van der Waals surface area contributed by atoms with Crippen molar-refractivity contribution in [1.82, 2.24) is 4.90 Å². The first-order valence-electron chi connectivity index (χ1n) is 12.4. The normalized spacial score (nSPS) is 18.6. The molecule has 0 aliphatic carbocycles. The van der Waals surface area contributed by atoms with Crippen molar-refractivity contribution in [1.29, 1.82) is 0 Å². The van der Waals surface area contributed by atoms with E-state index in [4.69, 9.17) is 0 Å². The van der Waals surface area contributed by atoms with Gasteiger partial charge in [0.05, 0.1) is 0 Å². The lowest BCUT2D eigenvalue weighted by atomic mass is 9.94. The van der Waals surface area contributed by atoms with Crippen molar-refractivity contribution in [3.05, 3.63) is 70.3 Å². The molecule has 0 radical (unpaired) electrons. The van der Waals surface area contributed by atoms with Gasteiger partial charge in [0.25, 0.3) is 0 Å². The molecule has 1 nitrogen and oxygen atoms in total. The van der Waals surface area contributed by atoms with Crippen LogP contribution in [0, 0.1) is 20.8 Å². The zero-order valence-electron chi connectivity index (χ0n) is 22.3. The summed E-state index contributed by atoms with van der Waals surface area (Å²) in [7, 11) is 0. The minimum atomic E-state index is 0.649. The van der Waals surface area contributed by atoms with Crippen LogP contribution in [0.15, 0.2) is 42.5 Å². The Kier molecular flexibility index (Phi) is 11.6. The number of nitrogens with zero attached hydrogens (tertiary/aromatic N) is 1. The molecule has 2 atom stereocenters. The maximum atomic E-state index is 2.61. The summed E-state index contributed by atoms with van der Waals surface area (Å²) in [6, 6.07) is 17.4. The third-order valence-electron chi connectivity index (χ3n) is 6.55. The molecule has 0 saturated carbocycles. The highest BCUT2D eigenvalue weighted by Crippen LogP contribution is 2.25. The Morgan fingerprint density at radius 1 is 0.645 bits per heavy atom. The summed E-state index contributed by atoms with van der Waals surface area (Å²) in [6.07, 6.45) is 2.78. The zero-order valence-corrected chi connectivity index (χ0v) is 22.3. The van der Waals surface area contributed by atoms with E-state index in [1.165, 1.54) is 40.7 Å². The molecule has 31 heavy (non-hydrogen) atoms. The maximum Gasteiger partial charge on any atom is 0.00730 e. The summed E-state index contributed by atoms with van der Waals surface area (Å²) in [6.45, 7) is 24.7. The van der Waals surface area contributed by atoms with E-state index in [9.17, 15) is 0 Å². The van der Waals surface area contributed by atoms with Crippen LogP contribution in [0.4, 0.5) is 0 Å².